The van der Waals surface area contributed by atoms with Crippen molar-refractivity contribution in [3.05, 3.63) is 69.4 Å². The van der Waals surface area contributed by atoms with Crippen molar-refractivity contribution in [3.8, 4) is 0 Å². The van der Waals surface area contributed by atoms with Gasteiger partial charge in [-0.3, -0.25) is 9.48 Å². The van der Waals surface area contributed by atoms with Crippen LogP contribution >= 0.6 is 11.3 Å². The maximum Gasteiger partial charge on any atom is 0.254 e. The lowest BCUT2D eigenvalue weighted by atomic mass is 10.1. The summed E-state index contributed by atoms with van der Waals surface area (Å²) in [6, 6.07) is 9.77. The Morgan fingerprint density at radius 3 is 2.56 bits per heavy atom. The Balaban J connectivity index is 1.71. The number of thiazole rings is 1. The molecule has 1 atom stereocenters. The number of hydrogen-bond donors (Lipinski definition) is 0. The molecule has 0 unspecified atom stereocenters. The number of aromatic nitrogens is 3. The van der Waals surface area contributed by atoms with E-state index in [0.717, 1.165) is 22.0 Å². The van der Waals surface area contributed by atoms with Crippen molar-refractivity contribution in [2.24, 2.45) is 0 Å². The van der Waals surface area contributed by atoms with Gasteiger partial charge in [0.25, 0.3) is 5.91 Å². The summed E-state index contributed by atoms with van der Waals surface area (Å²) in [5, 5.41) is 7.35. The molecule has 0 fully saturated rings. The first kappa shape index (κ1) is 17.4. The van der Waals surface area contributed by atoms with Crippen molar-refractivity contribution in [2.75, 3.05) is 7.05 Å². The third-order valence-corrected chi connectivity index (χ3v) is 5.29. The van der Waals surface area contributed by atoms with Crippen molar-refractivity contribution in [1.29, 1.82) is 0 Å². The minimum atomic E-state index is -0.0399. The maximum absolute atomic E-state index is 12.7. The molecule has 0 aliphatic rings. The van der Waals surface area contributed by atoms with Gasteiger partial charge in [-0.05, 0) is 44.5 Å². The molecule has 0 saturated heterocycles. The summed E-state index contributed by atoms with van der Waals surface area (Å²) >= 11 is 1.56. The third-order valence-electron chi connectivity index (χ3n) is 4.35. The fraction of sp³-hybridized carbons (Fsp3) is 0.316. The summed E-state index contributed by atoms with van der Waals surface area (Å²) in [6.07, 6.45) is 1.77. The van der Waals surface area contributed by atoms with Gasteiger partial charge in [-0.15, -0.1) is 11.3 Å². The summed E-state index contributed by atoms with van der Waals surface area (Å²) in [5.74, 6) is 0.000337. The smallest absolute Gasteiger partial charge is 0.254 e. The first-order valence-electron chi connectivity index (χ1n) is 8.22. The predicted molar refractivity (Wildman–Crippen MR) is 99.9 cm³/mol. The van der Waals surface area contributed by atoms with Gasteiger partial charge in [0.15, 0.2) is 0 Å². The molecule has 3 aromatic rings. The van der Waals surface area contributed by atoms with Crippen LogP contribution in [-0.2, 0) is 6.54 Å². The Hall–Kier alpha value is -2.47. The molecule has 2 aromatic heterocycles. The number of benzene rings is 1. The zero-order valence-corrected chi connectivity index (χ0v) is 15.7. The average Bonchev–Trinajstić information content (AvgIpc) is 3.24. The van der Waals surface area contributed by atoms with E-state index in [9.17, 15) is 4.79 Å². The second-order valence-corrected chi connectivity index (χ2v) is 7.17. The van der Waals surface area contributed by atoms with E-state index in [1.165, 1.54) is 0 Å². The Bertz CT molecular complexity index is 852. The lowest BCUT2D eigenvalue weighted by Crippen LogP contribution is -2.29. The van der Waals surface area contributed by atoms with Crippen LogP contribution in [0.1, 0.15) is 45.3 Å². The number of amides is 1. The molecule has 0 radical (unpaired) electrons. The Labute approximate surface area is 151 Å². The summed E-state index contributed by atoms with van der Waals surface area (Å²) in [7, 11) is 1.82. The first-order chi connectivity index (χ1) is 12.0. The van der Waals surface area contributed by atoms with E-state index in [1.807, 2.05) is 62.1 Å². The number of carbonyl (C=O) groups excluding carboxylic acids is 1. The monoisotopic (exact) mass is 354 g/mol. The molecule has 1 aromatic carbocycles. The van der Waals surface area contributed by atoms with Crippen LogP contribution in [0, 0.1) is 13.8 Å². The van der Waals surface area contributed by atoms with Crippen LogP contribution < -0.4 is 0 Å². The Kier molecular flexibility index (Phi) is 4.99. The molecule has 0 bridgehead atoms. The van der Waals surface area contributed by atoms with Gasteiger partial charge in [0.2, 0.25) is 0 Å². The SMILES string of the molecule is Cc1cc(C)n(Cc2ccc(C(=O)N(C)[C@@H](C)c3nccs3)cc2)n1. The van der Waals surface area contributed by atoms with Gasteiger partial charge in [-0.2, -0.15) is 5.10 Å². The van der Waals surface area contributed by atoms with Gasteiger partial charge in [0.05, 0.1) is 18.3 Å². The highest BCUT2D eigenvalue weighted by molar-refractivity contribution is 7.09. The summed E-state index contributed by atoms with van der Waals surface area (Å²) in [5.41, 5.74) is 3.96. The minimum absolute atomic E-state index is 0.000337. The number of aryl methyl sites for hydroxylation is 2. The van der Waals surface area contributed by atoms with Crippen molar-refractivity contribution in [3.63, 3.8) is 0 Å². The Morgan fingerprint density at radius 2 is 2.00 bits per heavy atom. The first-order valence-corrected chi connectivity index (χ1v) is 9.10. The van der Waals surface area contributed by atoms with Gasteiger partial charge < -0.3 is 4.90 Å². The highest BCUT2D eigenvalue weighted by atomic mass is 32.1. The fourth-order valence-electron chi connectivity index (χ4n) is 2.75. The van der Waals surface area contributed by atoms with E-state index in [1.54, 1.807) is 22.4 Å². The quantitative estimate of drug-likeness (QED) is 0.699. The van der Waals surface area contributed by atoms with Crippen LogP contribution in [0.25, 0.3) is 0 Å². The lowest BCUT2D eigenvalue weighted by Gasteiger charge is -2.23. The van der Waals surface area contributed by atoms with Crippen LogP contribution in [0.3, 0.4) is 0 Å². The van der Waals surface area contributed by atoms with E-state index < -0.39 is 0 Å². The lowest BCUT2D eigenvalue weighted by molar-refractivity contribution is 0.0742. The van der Waals surface area contributed by atoms with Gasteiger partial charge in [-0.1, -0.05) is 12.1 Å². The highest BCUT2D eigenvalue weighted by Gasteiger charge is 2.20. The largest absolute Gasteiger partial charge is 0.333 e. The third kappa shape index (κ3) is 3.79. The zero-order chi connectivity index (χ0) is 18.0. The molecule has 0 saturated carbocycles. The topological polar surface area (TPSA) is 51.0 Å². The molecule has 1 amide bonds. The Morgan fingerprint density at radius 1 is 1.28 bits per heavy atom. The molecule has 3 rings (SSSR count). The number of hydrogen-bond acceptors (Lipinski definition) is 4. The summed E-state index contributed by atoms with van der Waals surface area (Å²) < 4.78 is 1.98. The van der Waals surface area contributed by atoms with E-state index in [2.05, 4.69) is 16.1 Å². The van der Waals surface area contributed by atoms with Crippen LogP contribution in [0.2, 0.25) is 0 Å². The van der Waals surface area contributed by atoms with Crippen molar-refractivity contribution < 1.29 is 4.79 Å². The minimum Gasteiger partial charge on any atom is -0.333 e. The molecule has 0 aliphatic carbocycles. The maximum atomic E-state index is 12.7. The second kappa shape index (κ2) is 7.19. The van der Waals surface area contributed by atoms with E-state index in [4.69, 9.17) is 0 Å². The van der Waals surface area contributed by atoms with Crippen LogP contribution in [0.5, 0.6) is 0 Å². The van der Waals surface area contributed by atoms with Crippen LogP contribution in [-0.4, -0.2) is 32.6 Å². The molecule has 0 aliphatic heterocycles. The van der Waals surface area contributed by atoms with E-state index >= 15 is 0 Å². The van der Waals surface area contributed by atoms with E-state index in [-0.39, 0.29) is 11.9 Å². The highest BCUT2D eigenvalue weighted by Crippen LogP contribution is 2.22. The number of rotatable bonds is 5. The zero-order valence-electron chi connectivity index (χ0n) is 14.9. The molecule has 6 heteroatoms. The fourth-order valence-corrected chi connectivity index (χ4v) is 3.48. The molecular formula is C19H22N4OS. The molecule has 5 nitrogen and oxygen atoms in total. The van der Waals surface area contributed by atoms with Gasteiger partial charge in [-0.25, -0.2) is 4.98 Å². The number of nitrogens with zero attached hydrogens (tertiary/aromatic N) is 4. The van der Waals surface area contributed by atoms with Gasteiger partial charge >= 0.3 is 0 Å². The van der Waals surface area contributed by atoms with Crippen molar-refractivity contribution >= 4 is 17.2 Å². The summed E-state index contributed by atoms with van der Waals surface area (Å²) in [4.78, 5) is 18.7. The average molecular weight is 354 g/mol. The molecular weight excluding hydrogens is 332 g/mol. The van der Waals surface area contributed by atoms with Crippen LogP contribution in [0.4, 0.5) is 0 Å². The van der Waals surface area contributed by atoms with Crippen molar-refractivity contribution in [1.82, 2.24) is 19.7 Å². The summed E-state index contributed by atoms with van der Waals surface area (Å²) in [6.45, 7) is 6.74. The molecule has 2 heterocycles. The molecule has 25 heavy (non-hydrogen) atoms. The predicted octanol–water partition coefficient (Wildman–Crippen LogP) is 3.84. The van der Waals surface area contributed by atoms with Gasteiger partial charge in [0, 0.05) is 29.9 Å². The van der Waals surface area contributed by atoms with Crippen molar-refractivity contribution in [2.45, 2.75) is 33.4 Å². The molecule has 0 spiro atoms. The second-order valence-electron chi connectivity index (χ2n) is 6.24. The van der Waals surface area contributed by atoms with Gasteiger partial charge in [0.1, 0.15) is 5.01 Å². The number of carbonyl (C=O) groups is 1. The normalized spacial score (nSPS) is 12.2. The van der Waals surface area contributed by atoms with Crippen LogP contribution in [0.15, 0.2) is 41.9 Å². The van der Waals surface area contributed by atoms with E-state index in [0.29, 0.717) is 12.1 Å². The molecule has 130 valence electrons. The molecule has 0 N–H and O–H groups in total. The standard InChI is InChI=1S/C19H22N4OS/c1-13-11-14(2)23(21-13)12-16-5-7-17(8-6-16)19(24)22(4)15(3)18-20-9-10-25-18/h5-11,15H,12H2,1-4H3/t15-/m0/s1.